The first-order valence-corrected chi connectivity index (χ1v) is 10.7. The fourth-order valence-electron chi connectivity index (χ4n) is 5.36. The lowest BCUT2D eigenvalue weighted by atomic mass is 9.66. The van der Waals surface area contributed by atoms with Crippen molar-refractivity contribution in [1.29, 1.82) is 0 Å². The predicted molar refractivity (Wildman–Crippen MR) is 109 cm³/mol. The number of carbonyl (C=O) groups excluding carboxylic acids is 1. The smallest absolute Gasteiger partial charge is 0.254 e. The summed E-state index contributed by atoms with van der Waals surface area (Å²) >= 11 is 0. The molecule has 5 heteroatoms. The Bertz CT molecular complexity index is 899. The van der Waals surface area contributed by atoms with Gasteiger partial charge in [0.1, 0.15) is 13.2 Å². The molecule has 152 valence electrons. The van der Waals surface area contributed by atoms with Gasteiger partial charge in [-0.25, -0.2) is 0 Å². The van der Waals surface area contributed by atoms with E-state index in [1.54, 1.807) is 6.07 Å². The molecule has 1 amide bonds. The number of likely N-dealkylation sites (tertiary alicyclic amines) is 1. The lowest BCUT2D eigenvalue weighted by Gasteiger charge is -2.52. The maximum atomic E-state index is 13.4. The maximum absolute atomic E-state index is 13.4. The first-order chi connectivity index (χ1) is 14.2. The average molecular weight is 393 g/mol. The highest BCUT2D eigenvalue weighted by Crippen LogP contribution is 2.47. The monoisotopic (exact) mass is 393 g/mol. The van der Waals surface area contributed by atoms with E-state index in [-0.39, 0.29) is 17.9 Å². The van der Waals surface area contributed by atoms with Crippen molar-refractivity contribution in [3.05, 3.63) is 59.7 Å². The van der Waals surface area contributed by atoms with Crippen molar-refractivity contribution in [2.24, 2.45) is 5.92 Å². The molecule has 2 aromatic rings. The van der Waals surface area contributed by atoms with Crippen LogP contribution in [0.25, 0.3) is 0 Å². The molecule has 0 radical (unpaired) electrons. The summed E-state index contributed by atoms with van der Waals surface area (Å²) in [5.41, 5.74) is 0.739. The Hall–Kier alpha value is -2.53. The summed E-state index contributed by atoms with van der Waals surface area (Å²) in [4.78, 5) is 15.4. The molecule has 1 unspecified atom stereocenters. The number of amides is 1. The minimum absolute atomic E-state index is 0.0222. The number of ether oxygens (including phenoxy) is 2. The van der Waals surface area contributed by atoms with E-state index in [0.717, 1.165) is 31.2 Å². The summed E-state index contributed by atoms with van der Waals surface area (Å²) < 4.78 is 11.2. The van der Waals surface area contributed by atoms with Crippen molar-refractivity contribution in [2.45, 2.75) is 43.7 Å². The third-order valence-corrected chi connectivity index (χ3v) is 6.80. The molecule has 1 aliphatic carbocycles. The summed E-state index contributed by atoms with van der Waals surface area (Å²) in [6.07, 6.45) is 4.64. The van der Waals surface area contributed by atoms with Gasteiger partial charge in [0.05, 0.1) is 5.60 Å². The summed E-state index contributed by atoms with van der Waals surface area (Å²) in [7, 11) is 0. The molecule has 2 aromatic carbocycles. The summed E-state index contributed by atoms with van der Waals surface area (Å²) in [5, 5.41) is 11.7. The van der Waals surface area contributed by atoms with Gasteiger partial charge in [-0.3, -0.25) is 4.79 Å². The second kappa shape index (κ2) is 7.38. The quantitative estimate of drug-likeness (QED) is 0.844. The third-order valence-electron chi connectivity index (χ3n) is 6.80. The molecule has 29 heavy (non-hydrogen) atoms. The number of benzene rings is 2. The third kappa shape index (κ3) is 3.18. The number of aliphatic hydroxyl groups is 1. The van der Waals surface area contributed by atoms with Crippen molar-refractivity contribution in [1.82, 2.24) is 4.90 Å². The highest BCUT2D eigenvalue weighted by Gasteiger charge is 2.50. The lowest BCUT2D eigenvalue weighted by molar-refractivity contribution is -0.110. The Labute approximate surface area is 171 Å². The standard InChI is InChI=1S/C24H27NO4/c26-23(17-10-11-21-22(16-17)29-15-14-28-21)25-13-12-24(27,18-6-2-1-3-7-18)19-8-4-5-9-20(19)25/h1-3,6-7,10-11,16,19-20,27H,4-5,8-9,12-15H2/t19-,20-,24?/m0/s1. The molecular weight excluding hydrogens is 366 g/mol. The topological polar surface area (TPSA) is 59.0 Å². The molecule has 1 saturated carbocycles. The van der Waals surface area contributed by atoms with E-state index in [9.17, 15) is 9.90 Å². The molecule has 5 nitrogen and oxygen atoms in total. The van der Waals surface area contributed by atoms with Crippen LogP contribution in [0, 0.1) is 5.92 Å². The number of fused-ring (bicyclic) bond motifs is 2. The van der Waals surface area contributed by atoms with E-state index in [0.29, 0.717) is 43.2 Å². The van der Waals surface area contributed by atoms with Gasteiger partial charge in [-0.2, -0.15) is 0 Å². The molecule has 1 N–H and O–H groups in total. The van der Waals surface area contributed by atoms with Crippen LogP contribution in [0.15, 0.2) is 48.5 Å². The fraction of sp³-hybridized carbons (Fsp3) is 0.458. The zero-order chi connectivity index (χ0) is 19.8. The largest absolute Gasteiger partial charge is 0.486 e. The zero-order valence-electron chi connectivity index (χ0n) is 16.5. The molecular formula is C24H27NO4. The zero-order valence-corrected chi connectivity index (χ0v) is 16.5. The van der Waals surface area contributed by atoms with E-state index in [1.165, 1.54) is 0 Å². The van der Waals surface area contributed by atoms with Gasteiger partial charge in [-0.1, -0.05) is 43.2 Å². The van der Waals surface area contributed by atoms with Gasteiger partial charge in [0, 0.05) is 24.1 Å². The van der Waals surface area contributed by atoms with Gasteiger partial charge in [0.2, 0.25) is 0 Å². The maximum Gasteiger partial charge on any atom is 0.254 e. The minimum atomic E-state index is -0.865. The molecule has 0 bridgehead atoms. The highest BCUT2D eigenvalue weighted by molar-refractivity contribution is 5.95. The number of hydrogen-bond donors (Lipinski definition) is 1. The molecule has 3 atom stereocenters. The number of carbonyl (C=O) groups is 1. The number of hydrogen-bond acceptors (Lipinski definition) is 4. The SMILES string of the molecule is O=C(c1ccc2c(c1)OCCO2)N1CCC(O)(c2ccccc2)[C@H]2CCCC[C@@H]21. The molecule has 2 fully saturated rings. The van der Waals surface area contributed by atoms with Crippen LogP contribution in [0.5, 0.6) is 11.5 Å². The predicted octanol–water partition coefficient (Wildman–Crippen LogP) is 3.75. The fourth-order valence-corrected chi connectivity index (χ4v) is 5.36. The summed E-state index contributed by atoms with van der Waals surface area (Å²) in [6.45, 7) is 1.59. The van der Waals surface area contributed by atoms with Crippen LogP contribution in [0.2, 0.25) is 0 Å². The highest BCUT2D eigenvalue weighted by atomic mass is 16.6. The normalized spacial score (nSPS) is 28.5. The Balaban J connectivity index is 1.44. The first kappa shape index (κ1) is 18.5. The van der Waals surface area contributed by atoms with Crippen molar-refractivity contribution >= 4 is 5.91 Å². The van der Waals surface area contributed by atoms with Gasteiger partial charge in [0.15, 0.2) is 11.5 Å². The Morgan fingerprint density at radius 2 is 1.76 bits per heavy atom. The molecule has 3 aliphatic rings. The van der Waals surface area contributed by atoms with Crippen LogP contribution in [0.1, 0.15) is 48.0 Å². The van der Waals surface area contributed by atoms with Crippen molar-refractivity contribution < 1.29 is 19.4 Å². The second-order valence-electron chi connectivity index (χ2n) is 8.36. The summed E-state index contributed by atoms with van der Waals surface area (Å²) in [5.74, 6) is 1.42. The van der Waals surface area contributed by atoms with Crippen molar-refractivity contribution in [2.75, 3.05) is 19.8 Å². The van der Waals surface area contributed by atoms with E-state index >= 15 is 0 Å². The molecule has 2 heterocycles. The van der Waals surface area contributed by atoms with E-state index < -0.39 is 5.60 Å². The molecule has 0 aromatic heterocycles. The van der Waals surface area contributed by atoms with Gasteiger partial charge in [0.25, 0.3) is 5.91 Å². The lowest BCUT2D eigenvalue weighted by Crippen LogP contribution is -2.59. The molecule has 0 spiro atoms. The van der Waals surface area contributed by atoms with Crippen molar-refractivity contribution in [3.63, 3.8) is 0 Å². The van der Waals surface area contributed by atoms with Crippen LogP contribution in [0.3, 0.4) is 0 Å². The van der Waals surface area contributed by atoms with Gasteiger partial charge < -0.3 is 19.5 Å². The van der Waals surface area contributed by atoms with Crippen LogP contribution in [-0.2, 0) is 5.60 Å². The van der Waals surface area contributed by atoms with Gasteiger partial charge in [-0.15, -0.1) is 0 Å². The molecule has 5 rings (SSSR count). The number of rotatable bonds is 2. The Morgan fingerprint density at radius 3 is 2.59 bits per heavy atom. The van der Waals surface area contributed by atoms with Crippen LogP contribution in [0.4, 0.5) is 0 Å². The van der Waals surface area contributed by atoms with E-state index in [2.05, 4.69) is 0 Å². The molecule has 1 saturated heterocycles. The summed E-state index contributed by atoms with van der Waals surface area (Å²) in [6, 6.07) is 15.5. The van der Waals surface area contributed by atoms with Gasteiger partial charge >= 0.3 is 0 Å². The second-order valence-corrected chi connectivity index (χ2v) is 8.36. The van der Waals surface area contributed by atoms with E-state index in [4.69, 9.17) is 9.47 Å². The number of nitrogens with zero attached hydrogens (tertiary/aromatic N) is 1. The van der Waals surface area contributed by atoms with Crippen LogP contribution >= 0.6 is 0 Å². The Morgan fingerprint density at radius 1 is 1.00 bits per heavy atom. The van der Waals surface area contributed by atoms with E-state index in [1.807, 2.05) is 47.4 Å². The van der Waals surface area contributed by atoms with Crippen LogP contribution in [-0.4, -0.2) is 41.7 Å². The Kier molecular flexibility index (Phi) is 4.70. The number of piperidine rings is 1. The van der Waals surface area contributed by atoms with Crippen LogP contribution < -0.4 is 9.47 Å². The molecule has 2 aliphatic heterocycles. The van der Waals surface area contributed by atoms with Crippen molar-refractivity contribution in [3.8, 4) is 11.5 Å². The van der Waals surface area contributed by atoms with Gasteiger partial charge in [-0.05, 0) is 43.0 Å². The first-order valence-electron chi connectivity index (χ1n) is 10.7. The average Bonchev–Trinajstić information content (AvgIpc) is 2.79. The minimum Gasteiger partial charge on any atom is -0.486 e.